The Balaban J connectivity index is 2.69. The number of halogens is 1. The van der Waals surface area contributed by atoms with Gasteiger partial charge in [-0.25, -0.2) is 4.79 Å². The van der Waals surface area contributed by atoms with E-state index in [-0.39, 0.29) is 10.7 Å². The molecule has 1 saturated heterocycles. The van der Waals surface area contributed by atoms with E-state index in [2.05, 4.69) is 15.9 Å². The molecule has 0 saturated carbocycles. The van der Waals surface area contributed by atoms with Crippen molar-refractivity contribution in [2.75, 3.05) is 6.54 Å². The molecular weight excluding hydrogens is 238 g/mol. The van der Waals surface area contributed by atoms with Gasteiger partial charge < -0.3 is 10.0 Å². The molecule has 2 atom stereocenters. The molecule has 0 aromatic rings. The van der Waals surface area contributed by atoms with E-state index in [0.29, 0.717) is 19.4 Å². The third kappa shape index (κ3) is 2.21. The molecule has 4 nitrogen and oxygen atoms in total. The van der Waals surface area contributed by atoms with Crippen LogP contribution in [-0.4, -0.2) is 39.3 Å². The average molecular weight is 250 g/mol. The van der Waals surface area contributed by atoms with Gasteiger partial charge in [-0.1, -0.05) is 22.9 Å². The van der Waals surface area contributed by atoms with E-state index >= 15 is 0 Å². The van der Waals surface area contributed by atoms with Gasteiger partial charge in [-0.05, 0) is 6.42 Å². The van der Waals surface area contributed by atoms with Gasteiger partial charge in [0.25, 0.3) is 0 Å². The predicted octanol–water partition coefficient (Wildman–Crippen LogP) is 0.845. The van der Waals surface area contributed by atoms with E-state index in [1.165, 1.54) is 4.90 Å². The van der Waals surface area contributed by atoms with Crippen molar-refractivity contribution in [2.24, 2.45) is 0 Å². The Hall–Kier alpha value is -0.580. The lowest BCUT2D eigenvalue weighted by Gasteiger charge is -2.22. The summed E-state index contributed by atoms with van der Waals surface area (Å²) in [6.45, 7) is 2.28. The number of amides is 1. The van der Waals surface area contributed by atoms with E-state index in [9.17, 15) is 9.59 Å². The highest BCUT2D eigenvalue weighted by molar-refractivity contribution is 9.09. The Kier molecular flexibility index (Phi) is 3.30. The number of nitrogens with zero attached hydrogens (tertiary/aromatic N) is 1. The summed E-state index contributed by atoms with van der Waals surface area (Å²) in [6, 6.07) is -0.657. The first-order valence-corrected chi connectivity index (χ1v) is 5.14. The Labute approximate surface area is 85.0 Å². The molecule has 1 rings (SSSR count). The summed E-state index contributed by atoms with van der Waals surface area (Å²) in [5, 5.41) is 8.83. The zero-order valence-corrected chi connectivity index (χ0v) is 8.95. The molecule has 74 valence electrons. The minimum atomic E-state index is -0.919. The minimum absolute atomic E-state index is 0.0730. The summed E-state index contributed by atoms with van der Waals surface area (Å²) in [4.78, 5) is 23.6. The number of alkyl halides is 1. The molecule has 1 amide bonds. The van der Waals surface area contributed by atoms with Crippen LogP contribution in [0.3, 0.4) is 0 Å². The standard InChI is InChI=1S/C8H12BrNO3/c1-2-6(8(12)13)10-4-5(9)3-7(10)11/h5-6H,2-4H2,1H3,(H,12,13). The molecule has 0 spiro atoms. The first-order chi connectivity index (χ1) is 6.06. The summed E-state index contributed by atoms with van der Waals surface area (Å²) < 4.78 is 0. The maximum atomic E-state index is 11.3. The van der Waals surface area contributed by atoms with Crippen molar-refractivity contribution in [3.63, 3.8) is 0 Å². The average Bonchev–Trinajstić information content (AvgIpc) is 2.31. The Morgan fingerprint density at radius 3 is 2.77 bits per heavy atom. The number of carbonyl (C=O) groups is 2. The van der Waals surface area contributed by atoms with Crippen LogP contribution < -0.4 is 0 Å². The molecule has 1 fully saturated rings. The topological polar surface area (TPSA) is 57.6 Å². The molecule has 0 aromatic heterocycles. The van der Waals surface area contributed by atoms with Crippen LogP contribution >= 0.6 is 15.9 Å². The van der Waals surface area contributed by atoms with Crippen molar-refractivity contribution in [3.8, 4) is 0 Å². The molecule has 2 unspecified atom stereocenters. The van der Waals surface area contributed by atoms with Crippen molar-refractivity contribution in [1.29, 1.82) is 0 Å². The molecule has 1 heterocycles. The summed E-state index contributed by atoms with van der Waals surface area (Å²) in [6.07, 6.45) is 0.866. The zero-order valence-electron chi connectivity index (χ0n) is 7.36. The van der Waals surface area contributed by atoms with Crippen molar-refractivity contribution in [3.05, 3.63) is 0 Å². The second-order valence-corrected chi connectivity index (χ2v) is 4.40. The largest absolute Gasteiger partial charge is 0.480 e. The number of aliphatic carboxylic acids is 1. The van der Waals surface area contributed by atoms with Crippen LogP contribution in [-0.2, 0) is 9.59 Å². The molecule has 1 N–H and O–H groups in total. The smallest absolute Gasteiger partial charge is 0.326 e. The van der Waals surface area contributed by atoms with E-state index in [1.807, 2.05) is 0 Å². The highest BCUT2D eigenvalue weighted by atomic mass is 79.9. The van der Waals surface area contributed by atoms with Crippen molar-refractivity contribution in [1.82, 2.24) is 4.90 Å². The van der Waals surface area contributed by atoms with Gasteiger partial charge >= 0.3 is 5.97 Å². The molecule has 1 aliphatic rings. The highest BCUT2D eigenvalue weighted by Gasteiger charge is 2.35. The van der Waals surface area contributed by atoms with E-state index < -0.39 is 12.0 Å². The van der Waals surface area contributed by atoms with Crippen LogP contribution in [0.4, 0.5) is 0 Å². The Morgan fingerprint density at radius 1 is 1.85 bits per heavy atom. The third-order valence-corrected chi connectivity index (χ3v) is 2.77. The van der Waals surface area contributed by atoms with Crippen molar-refractivity contribution >= 4 is 27.8 Å². The number of carbonyl (C=O) groups excluding carboxylic acids is 1. The van der Waals surface area contributed by atoms with Crippen LogP contribution in [0.5, 0.6) is 0 Å². The number of hydrogen-bond acceptors (Lipinski definition) is 2. The number of hydrogen-bond donors (Lipinski definition) is 1. The fraction of sp³-hybridized carbons (Fsp3) is 0.750. The van der Waals surface area contributed by atoms with Crippen LogP contribution in [0.25, 0.3) is 0 Å². The molecular formula is C8H12BrNO3. The van der Waals surface area contributed by atoms with Crippen LogP contribution in [0, 0.1) is 0 Å². The molecule has 0 aliphatic carbocycles. The van der Waals surface area contributed by atoms with Gasteiger partial charge in [0.15, 0.2) is 0 Å². The number of rotatable bonds is 3. The Morgan fingerprint density at radius 2 is 2.46 bits per heavy atom. The Bertz CT molecular complexity index is 231. The molecule has 5 heteroatoms. The summed E-state index contributed by atoms with van der Waals surface area (Å²) in [5.41, 5.74) is 0. The lowest BCUT2D eigenvalue weighted by Crippen LogP contribution is -2.41. The predicted molar refractivity (Wildman–Crippen MR) is 50.8 cm³/mol. The molecule has 0 bridgehead atoms. The lowest BCUT2D eigenvalue weighted by molar-refractivity contribution is -0.148. The van der Waals surface area contributed by atoms with Gasteiger partial charge in [0.05, 0.1) is 0 Å². The quantitative estimate of drug-likeness (QED) is 0.755. The fourth-order valence-corrected chi connectivity index (χ4v) is 2.10. The third-order valence-electron chi connectivity index (χ3n) is 2.16. The van der Waals surface area contributed by atoms with Crippen LogP contribution in [0.15, 0.2) is 0 Å². The molecule has 1 aliphatic heterocycles. The number of likely N-dealkylation sites (tertiary alicyclic amines) is 1. The maximum absolute atomic E-state index is 11.3. The zero-order chi connectivity index (χ0) is 10.0. The van der Waals surface area contributed by atoms with Crippen LogP contribution in [0.1, 0.15) is 19.8 Å². The fourth-order valence-electron chi connectivity index (χ4n) is 1.52. The van der Waals surface area contributed by atoms with Crippen molar-refractivity contribution in [2.45, 2.75) is 30.6 Å². The van der Waals surface area contributed by atoms with E-state index in [1.54, 1.807) is 6.92 Å². The van der Waals surface area contributed by atoms with Gasteiger partial charge in [-0.2, -0.15) is 0 Å². The normalized spacial score (nSPS) is 24.9. The first kappa shape index (κ1) is 10.5. The monoisotopic (exact) mass is 249 g/mol. The van der Waals surface area contributed by atoms with E-state index in [0.717, 1.165) is 0 Å². The number of carboxylic acid groups (broad SMARTS) is 1. The molecule has 13 heavy (non-hydrogen) atoms. The van der Waals surface area contributed by atoms with Gasteiger partial charge in [0.2, 0.25) is 5.91 Å². The van der Waals surface area contributed by atoms with Crippen LogP contribution in [0.2, 0.25) is 0 Å². The SMILES string of the molecule is CCC(C(=O)O)N1CC(Br)CC1=O. The minimum Gasteiger partial charge on any atom is -0.480 e. The summed E-state index contributed by atoms with van der Waals surface area (Å²) in [7, 11) is 0. The molecule has 0 radical (unpaired) electrons. The number of carboxylic acids is 1. The molecule has 0 aromatic carbocycles. The van der Waals surface area contributed by atoms with Gasteiger partial charge in [-0.15, -0.1) is 0 Å². The second kappa shape index (κ2) is 4.09. The highest BCUT2D eigenvalue weighted by Crippen LogP contribution is 2.21. The van der Waals surface area contributed by atoms with Gasteiger partial charge in [-0.3, -0.25) is 4.79 Å². The second-order valence-electron chi connectivity index (χ2n) is 3.11. The maximum Gasteiger partial charge on any atom is 0.326 e. The lowest BCUT2D eigenvalue weighted by atomic mass is 10.2. The van der Waals surface area contributed by atoms with Gasteiger partial charge in [0, 0.05) is 17.8 Å². The first-order valence-electron chi connectivity index (χ1n) is 4.22. The summed E-state index contributed by atoms with van der Waals surface area (Å²) >= 11 is 3.31. The summed E-state index contributed by atoms with van der Waals surface area (Å²) in [5.74, 6) is -0.992. The van der Waals surface area contributed by atoms with E-state index in [4.69, 9.17) is 5.11 Å². The van der Waals surface area contributed by atoms with Crippen molar-refractivity contribution < 1.29 is 14.7 Å². The van der Waals surface area contributed by atoms with Gasteiger partial charge in [0.1, 0.15) is 6.04 Å².